The van der Waals surface area contributed by atoms with Gasteiger partial charge in [0.2, 0.25) is 5.91 Å². The van der Waals surface area contributed by atoms with E-state index in [-0.39, 0.29) is 18.4 Å². The van der Waals surface area contributed by atoms with E-state index in [1.54, 1.807) is 24.3 Å². The van der Waals surface area contributed by atoms with Crippen LogP contribution in [0, 0.1) is 0 Å². The molecule has 1 heterocycles. The fourth-order valence-electron chi connectivity index (χ4n) is 1.57. The number of amides is 1. The van der Waals surface area contributed by atoms with E-state index in [1.807, 2.05) is 6.92 Å². The Hall–Kier alpha value is -2.77. The van der Waals surface area contributed by atoms with Crippen LogP contribution in [0.3, 0.4) is 0 Å². The molecule has 1 amide bonds. The first-order valence-electron chi connectivity index (χ1n) is 6.47. The zero-order valence-electron chi connectivity index (χ0n) is 11.5. The molecular weight excluding hydrogens is 274 g/mol. The number of hydrogen-bond donors (Lipinski definition) is 1. The van der Waals surface area contributed by atoms with E-state index in [0.29, 0.717) is 17.9 Å². The number of carbonyl (C=O) groups is 2. The van der Waals surface area contributed by atoms with Crippen LogP contribution in [0.2, 0.25) is 0 Å². The average molecular weight is 289 g/mol. The molecule has 2 rings (SSSR count). The van der Waals surface area contributed by atoms with Gasteiger partial charge in [-0.15, -0.1) is 5.10 Å². The maximum Gasteiger partial charge on any atom is 0.338 e. The first-order chi connectivity index (χ1) is 10.2. The van der Waals surface area contributed by atoms with Crippen molar-refractivity contribution in [3.63, 3.8) is 0 Å². The van der Waals surface area contributed by atoms with Crippen molar-refractivity contribution in [1.29, 1.82) is 0 Å². The lowest BCUT2D eigenvalue weighted by Crippen LogP contribution is -2.19. The number of tetrazole rings is 1. The molecule has 0 bridgehead atoms. The Morgan fingerprint density at radius 1 is 1.29 bits per heavy atom. The van der Waals surface area contributed by atoms with Gasteiger partial charge in [0.05, 0.1) is 12.2 Å². The first-order valence-corrected chi connectivity index (χ1v) is 6.47. The number of carbonyl (C=O) groups excluding carboxylic acids is 2. The lowest BCUT2D eigenvalue weighted by Gasteiger charge is -2.06. The summed E-state index contributed by atoms with van der Waals surface area (Å²) in [5, 5.41) is 13.2. The summed E-state index contributed by atoms with van der Waals surface area (Å²) in [5.41, 5.74) is 1.03. The third kappa shape index (κ3) is 4.37. The van der Waals surface area contributed by atoms with Crippen LogP contribution < -0.4 is 5.32 Å². The van der Waals surface area contributed by atoms with Gasteiger partial charge in [-0.2, -0.15) is 0 Å². The number of nitrogens with one attached hydrogen (secondary N) is 1. The lowest BCUT2D eigenvalue weighted by atomic mass is 10.2. The summed E-state index contributed by atoms with van der Waals surface area (Å²) in [6.45, 7) is 2.34. The summed E-state index contributed by atoms with van der Waals surface area (Å²) in [5.74, 6) is -0.632. The van der Waals surface area contributed by atoms with Crippen LogP contribution in [-0.2, 0) is 16.1 Å². The van der Waals surface area contributed by atoms with Gasteiger partial charge in [-0.05, 0) is 41.1 Å². The van der Waals surface area contributed by atoms with Crippen molar-refractivity contribution in [2.24, 2.45) is 0 Å². The van der Waals surface area contributed by atoms with Crippen LogP contribution in [0.15, 0.2) is 30.6 Å². The molecule has 1 aromatic carbocycles. The lowest BCUT2D eigenvalue weighted by molar-refractivity contribution is -0.116. The summed E-state index contributed by atoms with van der Waals surface area (Å²) in [7, 11) is 0. The van der Waals surface area contributed by atoms with Crippen LogP contribution in [-0.4, -0.2) is 38.7 Å². The molecule has 0 unspecified atom stereocenters. The Morgan fingerprint density at radius 3 is 2.67 bits per heavy atom. The Kier molecular flexibility index (Phi) is 4.97. The van der Waals surface area contributed by atoms with Crippen LogP contribution >= 0.6 is 0 Å². The van der Waals surface area contributed by atoms with E-state index >= 15 is 0 Å². The predicted molar refractivity (Wildman–Crippen MR) is 73.5 cm³/mol. The standard InChI is InChI=1S/C13H15N5O3/c1-2-7-21-13(20)10-3-5-11(6-4-10)15-12(19)8-18-9-14-16-17-18/h3-6,9H,2,7-8H2,1H3,(H,15,19). The molecular formula is C13H15N5O3. The van der Waals surface area contributed by atoms with Crippen molar-refractivity contribution in [3.05, 3.63) is 36.2 Å². The van der Waals surface area contributed by atoms with Crippen LogP contribution in [0.5, 0.6) is 0 Å². The molecule has 0 saturated carbocycles. The van der Waals surface area contributed by atoms with E-state index in [1.165, 1.54) is 11.0 Å². The van der Waals surface area contributed by atoms with Crippen LogP contribution in [0.25, 0.3) is 0 Å². The van der Waals surface area contributed by atoms with Gasteiger partial charge in [0.15, 0.2) is 0 Å². The quantitative estimate of drug-likeness (QED) is 0.792. The molecule has 0 atom stereocenters. The second-order valence-corrected chi connectivity index (χ2v) is 4.27. The number of benzene rings is 1. The Balaban J connectivity index is 1.90. The smallest absolute Gasteiger partial charge is 0.338 e. The number of rotatable bonds is 6. The van der Waals surface area contributed by atoms with E-state index in [0.717, 1.165) is 6.42 Å². The molecule has 8 nitrogen and oxygen atoms in total. The summed E-state index contributed by atoms with van der Waals surface area (Å²) in [6, 6.07) is 6.48. The molecule has 0 aliphatic carbocycles. The van der Waals surface area contributed by atoms with E-state index in [2.05, 4.69) is 20.8 Å². The molecule has 8 heteroatoms. The largest absolute Gasteiger partial charge is 0.462 e. The van der Waals surface area contributed by atoms with Crippen molar-refractivity contribution in [2.75, 3.05) is 11.9 Å². The van der Waals surface area contributed by atoms with E-state index < -0.39 is 0 Å². The minimum absolute atomic E-state index is 0.0211. The highest BCUT2D eigenvalue weighted by molar-refractivity contribution is 5.92. The van der Waals surface area contributed by atoms with Crippen molar-refractivity contribution >= 4 is 17.6 Å². The maximum atomic E-state index is 11.7. The number of aromatic nitrogens is 4. The van der Waals surface area contributed by atoms with Gasteiger partial charge in [-0.1, -0.05) is 6.92 Å². The molecule has 0 saturated heterocycles. The van der Waals surface area contributed by atoms with Crippen LogP contribution in [0.1, 0.15) is 23.7 Å². The molecule has 0 fully saturated rings. The normalized spacial score (nSPS) is 10.1. The fourth-order valence-corrected chi connectivity index (χ4v) is 1.57. The highest BCUT2D eigenvalue weighted by atomic mass is 16.5. The number of hydrogen-bond acceptors (Lipinski definition) is 6. The maximum absolute atomic E-state index is 11.7. The molecule has 0 spiro atoms. The van der Waals surface area contributed by atoms with Gasteiger partial charge < -0.3 is 10.1 Å². The zero-order chi connectivity index (χ0) is 15.1. The van der Waals surface area contributed by atoms with Crippen molar-refractivity contribution in [3.8, 4) is 0 Å². The molecule has 0 aliphatic heterocycles. The zero-order valence-corrected chi connectivity index (χ0v) is 11.5. The average Bonchev–Trinajstić information content (AvgIpc) is 2.98. The van der Waals surface area contributed by atoms with Crippen molar-refractivity contribution < 1.29 is 14.3 Å². The molecule has 2 aromatic rings. The summed E-state index contributed by atoms with van der Waals surface area (Å²) in [4.78, 5) is 23.3. The van der Waals surface area contributed by atoms with Gasteiger partial charge in [-0.3, -0.25) is 4.79 Å². The second-order valence-electron chi connectivity index (χ2n) is 4.27. The molecule has 0 aliphatic rings. The van der Waals surface area contributed by atoms with E-state index in [9.17, 15) is 9.59 Å². The SMILES string of the molecule is CCCOC(=O)c1ccc(NC(=O)Cn2cnnn2)cc1. The molecule has 110 valence electrons. The molecule has 21 heavy (non-hydrogen) atoms. The number of esters is 1. The number of nitrogens with zero attached hydrogens (tertiary/aromatic N) is 4. The Bertz CT molecular complexity index is 595. The highest BCUT2D eigenvalue weighted by Crippen LogP contribution is 2.10. The van der Waals surface area contributed by atoms with Gasteiger partial charge >= 0.3 is 5.97 Å². The predicted octanol–water partition coefficient (Wildman–Crippen LogP) is 0.879. The third-order valence-electron chi connectivity index (χ3n) is 2.54. The molecule has 0 radical (unpaired) electrons. The number of anilines is 1. The minimum atomic E-state index is -0.372. The highest BCUT2D eigenvalue weighted by Gasteiger charge is 2.08. The number of ether oxygens (including phenoxy) is 1. The summed E-state index contributed by atoms with van der Waals surface area (Å²) in [6.07, 6.45) is 2.13. The van der Waals surface area contributed by atoms with Crippen molar-refractivity contribution in [1.82, 2.24) is 20.2 Å². The molecule has 1 aromatic heterocycles. The fraction of sp³-hybridized carbons (Fsp3) is 0.308. The molecule has 1 N–H and O–H groups in total. The second kappa shape index (κ2) is 7.13. The Labute approximate surface area is 121 Å². The van der Waals surface area contributed by atoms with Gasteiger partial charge in [-0.25, -0.2) is 9.48 Å². The third-order valence-corrected chi connectivity index (χ3v) is 2.54. The van der Waals surface area contributed by atoms with Gasteiger partial charge in [0.1, 0.15) is 12.9 Å². The monoisotopic (exact) mass is 289 g/mol. The summed E-state index contributed by atoms with van der Waals surface area (Å²) >= 11 is 0. The van der Waals surface area contributed by atoms with Crippen molar-refractivity contribution in [2.45, 2.75) is 19.9 Å². The van der Waals surface area contributed by atoms with Gasteiger partial charge in [0, 0.05) is 5.69 Å². The first kappa shape index (κ1) is 14.6. The topological polar surface area (TPSA) is 99.0 Å². The van der Waals surface area contributed by atoms with E-state index in [4.69, 9.17) is 4.74 Å². The minimum Gasteiger partial charge on any atom is -0.462 e. The summed E-state index contributed by atoms with van der Waals surface area (Å²) < 4.78 is 6.33. The Morgan fingerprint density at radius 2 is 2.05 bits per heavy atom. The van der Waals surface area contributed by atoms with Gasteiger partial charge in [0.25, 0.3) is 0 Å². The van der Waals surface area contributed by atoms with Crippen LogP contribution in [0.4, 0.5) is 5.69 Å².